The van der Waals surface area contributed by atoms with E-state index in [1.54, 1.807) is 23.1 Å². The maximum absolute atomic E-state index is 11.7. The molecule has 1 aliphatic heterocycles. The Labute approximate surface area is 127 Å². The van der Waals surface area contributed by atoms with Crippen LogP contribution in [0.3, 0.4) is 0 Å². The Morgan fingerprint density at radius 2 is 2.23 bits per heavy atom. The molecule has 0 aromatic heterocycles. The molecule has 1 aromatic rings. The first-order valence-electron chi connectivity index (χ1n) is 6.74. The minimum absolute atomic E-state index is 0.0189. The molecule has 2 amide bonds. The molecule has 7 nitrogen and oxygen atoms in total. The van der Waals surface area contributed by atoms with Crippen LogP contribution in [0.2, 0.25) is 0 Å². The van der Waals surface area contributed by atoms with Gasteiger partial charge in [-0.05, 0) is 17.7 Å². The van der Waals surface area contributed by atoms with Crippen LogP contribution in [0, 0.1) is 0 Å². The number of cyclic esters (lactones) is 1. The molecule has 0 radical (unpaired) electrons. The molecule has 0 spiro atoms. The van der Waals surface area contributed by atoms with Crippen molar-refractivity contribution in [3.63, 3.8) is 0 Å². The Kier molecular flexibility index (Phi) is 5.13. The second kappa shape index (κ2) is 7.26. The zero-order chi connectivity index (χ0) is 15.9. The first kappa shape index (κ1) is 15.6. The molecule has 2 N–H and O–H groups in total. The number of rotatable bonds is 6. The van der Waals surface area contributed by atoms with E-state index in [0.717, 1.165) is 11.6 Å². The zero-order valence-corrected chi connectivity index (χ0v) is 11.8. The van der Waals surface area contributed by atoms with E-state index < -0.39 is 5.97 Å². The second-order valence-electron chi connectivity index (χ2n) is 4.73. The van der Waals surface area contributed by atoms with Crippen molar-refractivity contribution < 1.29 is 24.2 Å². The lowest BCUT2D eigenvalue weighted by molar-refractivity contribution is -0.131. The number of benzene rings is 1. The zero-order valence-electron chi connectivity index (χ0n) is 11.8. The fourth-order valence-corrected chi connectivity index (χ4v) is 2.02. The van der Waals surface area contributed by atoms with Crippen LogP contribution in [0.1, 0.15) is 12.0 Å². The van der Waals surface area contributed by atoms with Crippen molar-refractivity contribution in [3.8, 4) is 0 Å². The number of nitrogens with zero attached hydrogens (tertiary/aromatic N) is 1. The number of hydrogen-bond donors (Lipinski definition) is 2. The minimum Gasteiger partial charge on any atom is -0.478 e. The maximum Gasteiger partial charge on any atom is 0.410 e. The molecule has 1 aromatic carbocycles. The average molecular weight is 304 g/mol. The molecule has 0 saturated carbocycles. The second-order valence-corrected chi connectivity index (χ2v) is 4.73. The van der Waals surface area contributed by atoms with Gasteiger partial charge in [-0.1, -0.05) is 18.2 Å². The van der Waals surface area contributed by atoms with Gasteiger partial charge in [0, 0.05) is 24.7 Å². The Bertz CT molecular complexity index is 612. The fraction of sp³-hybridized carbons (Fsp3) is 0.267. The summed E-state index contributed by atoms with van der Waals surface area (Å²) in [6.07, 6.45) is 1.85. The Hall–Kier alpha value is -2.83. The van der Waals surface area contributed by atoms with Gasteiger partial charge < -0.3 is 20.1 Å². The van der Waals surface area contributed by atoms with E-state index in [4.69, 9.17) is 9.84 Å². The first-order valence-corrected chi connectivity index (χ1v) is 6.74. The predicted octanol–water partition coefficient (Wildman–Crippen LogP) is 1.61. The SMILES string of the molecule is O=C(O)/C=C/CC(=O)Nc1cccc(CN2CCOC2=O)c1. The standard InChI is InChI=1S/C15H16N2O5/c18-13(5-2-6-14(19)20)16-12-4-1-3-11(9-12)10-17-7-8-22-15(17)21/h1-4,6,9H,5,7-8,10H2,(H,16,18)(H,19,20)/b6-2+. The van der Waals surface area contributed by atoms with Crippen LogP contribution in [0.4, 0.5) is 10.5 Å². The Balaban J connectivity index is 1.92. The molecule has 0 atom stereocenters. The molecular weight excluding hydrogens is 288 g/mol. The number of ether oxygens (including phenoxy) is 1. The van der Waals surface area contributed by atoms with Crippen molar-refractivity contribution in [2.75, 3.05) is 18.5 Å². The summed E-state index contributed by atoms with van der Waals surface area (Å²) in [4.78, 5) is 34.9. The van der Waals surface area contributed by atoms with Crippen LogP contribution < -0.4 is 5.32 Å². The van der Waals surface area contributed by atoms with Gasteiger partial charge in [0.1, 0.15) is 6.61 Å². The topological polar surface area (TPSA) is 95.9 Å². The maximum atomic E-state index is 11.7. The number of carbonyl (C=O) groups is 3. The van der Waals surface area contributed by atoms with Gasteiger partial charge in [0.2, 0.25) is 5.91 Å². The summed E-state index contributed by atoms with van der Waals surface area (Å²) in [5, 5.41) is 11.1. The molecule has 0 bridgehead atoms. The monoisotopic (exact) mass is 304 g/mol. The van der Waals surface area contributed by atoms with Gasteiger partial charge in [-0.3, -0.25) is 4.79 Å². The molecule has 0 unspecified atom stereocenters. The summed E-state index contributed by atoms with van der Waals surface area (Å²) >= 11 is 0. The van der Waals surface area contributed by atoms with Crippen LogP contribution in [0.25, 0.3) is 0 Å². The van der Waals surface area contributed by atoms with Crippen LogP contribution in [-0.2, 0) is 20.9 Å². The van der Waals surface area contributed by atoms with Crippen LogP contribution in [0.5, 0.6) is 0 Å². The van der Waals surface area contributed by atoms with E-state index in [9.17, 15) is 14.4 Å². The van der Waals surface area contributed by atoms with Crippen LogP contribution in [0.15, 0.2) is 36.4 Å². The predicted molar refractivity (Wildman–Crippen MR) is 78.2 cm³/mol. The summed E-state index contributed by atoms with van der Waals surface area (Å²) in [5.41, 5.74) is 1.47. The number of anilines is 1. The number of aliphatic carboxylic acids is 1. The van der Waals surface area contributed by atoms with E-state index in [2.05, 4.69) is 5.32 Å². The van der Waals surface area contributed by atoms with Gasteiger partial charge >= 0.3 is 12.1 Å². The highest BCUT2D eigenvalue weighted by molar-refractivity contribution is 5.92. The number of hydrogen-bond acceptors (Lipinski definition) is 4. The molecule has 7 heteroatoms. The van der Waals surface area contributed by atoms with E-state index in [0.29, 0.717) is 25.4 Å². The quantitative estimate of drug-likeness (QED) is 0.778. The van der Waals surface area contributed by atoms with Crippen LogP contribution in [-0.4, -0.2) is 41.1 Å². The molecule has 0 aliphatic carbocycles. The third-order valence-corrected chi connectivity index (χ3v) is 2.99. The Morgan fingerprint density at radius 3 is 2.91 bits per heavy atom. The van der Waals surface area contributed by atoms with Crippen molar-refractivity contribution in [1.82, 2.24) is 4.90 Å². The van der Waals surface area contributed by atoms with E-state index in [-0.39, 0.29) is 18.4 Å². The van der Waals surface area contributed by atoms with E-state index in [1.807, 2.05) is 6.07 Å². The van der Waals surface area contributed by atoms with Gasteiger partial charge in [0.15, 0.2) is 0 Å². The summed E-state index contributed by atoms with van der Waals surface area (Å²) in [6.45, 7) is 1.36. The van der Waals surface area contributed by atoms with Gasteiger partial charge in [-0.15, -0.1) is 0 Å². The number of carboxylic acid groups (broad SMARTS) is 1. The molecule has 1 heterocycles. The van der Waals surface area contributed by atoms with Crippen molar-refractivity contribution in [3.05, 3.63) is 42.0 Å². The average Bonchev–Trinajstić information content (AvgIpc) is 2.84. The molecular formula is C15H16N2O5. The third kappa shape index (κ3) is 4.62. The molecule has 1 aliphatic rings. The Morgan fingerprint density at radius 1 is 1.41 bits per heavy atom. The highest BCUT2D eigenvalue weighted by Crippen LogP contribution is 2.15. The lowest BCUT2D eigenvalue weighted by Crippen LogP contribution is -2.23. The van der Waals surface area contributed by atoms with E-state index in [1.165, 1.54) is 6.08 Å². The highest BCUT2D eigenvalue weighted by Gasteiger charge is 2.21. The van der Waals surface area contributed by atoms with Crippen molar-refractivity contribution >= 4 is 23.7 Å². The molecule has 116 valence electrons. The highest BCUT2D eigenvalue weighted by atomic mass is 16.6. The van der Waals surface area contributed by atoms with E-state index >= 15 is 0 Å². The molecule has 1 saturated heterocycles. The lowest BCUT2D eigenvalue weighted by atomic mass is 10.2. The van der Waals surface area contributed by atoms with Gasteiger partial charge in [-0.25, -0.2) is 9.59 Å². The normalized spacial score (nSPS) is 14.2. The number of nitrogens with one attached hydrogen (secondary N) is 1. The van der Waals surface area contributed by atoms with Gasteiger partial charge in [0.25, 0.3) is 0 Å². The summed E-state index contributed by atoms with van der Waals surface area (Å²) in [7, 11) is 0. The summed E-state index contributed by atoms with van der Waals surface area (Å²) in [5.74, 6) is -1.40. The number of amides is 2. The summed E-state index contributed by atoms with van der Waals surface area (Å²) < 4.78 is 4.86. The fourth-order valence-electron chi connectivity index (χ4n) is 2.02. The molecule has 1 fully saturated rings. The van der Waals surface area contributed by atoms with Crippen LogP contribution >= 0.6 is 0 Å². The molecule has 2 rings (SSSR count). The van der Waals surface area contributed by atoms with Gasteiger partial charge in [-0.2, -0.15) is 0 Å². The third-order valence-electron chi connectivity index (χ3n) is 2.99. The number of carboxylic acids is 1. The van der Waals surface area contributed by atoms with Crippen molar-refractivity contribution in [2.45, 2.75) is 13.0 Å². The van der Waals surface area contributed by atoms with Crippen molar-refractivity contribution in [2.24, 2.45) is 0 Å². The molecule has 22 heavy (non-hydrogen) atoms. The minimum atomic E-state index is -1.09. The first-order chi connectivity index (χ1) is 10.5. The number of carbonyl (C=O) groups excluding carboxylic acids is 2. The largest absolute Gasteiger partial charge is 0.478 e. The lowest BCUT2D eigenvalue weighted by Gasteiger charge is -2.13. The smallest absolute Gasteiger partial charge is 0.410 e. The summed E-state index contributed by atoms with van der Waals surface area (Å²) in [6, 6.07) is 7.13. The van der Waals surface area contributed by atoms with Gasteiger partial charge in [0.05, 0.1) is 6.54 Å². The van der Waals surface area contributed by atoms with Crippen molar-refractivity contribution in [1.29, 1.82) is 0 Å².